The van der Waals surface area contributed by atoms with E-state index in [1.54, 1.807) is 6.07 Å². The molecule has 1 atom stereocenters. The highest BCUT2D eigenvalue weighted by Crippen LogP contribution is 2.32. The van der Waals surface area contributed by atoms with E-state index in [0.29, 0.717) is 29.0 Å². The maximum absolute atomic E-state index is 13.0. The second kappa shape index (κ2) is 7.20. The van der Waals surface area contributed by atoms with Crippen molar-refractivity contribution in [3.8, 4) is 11.1 Å². The lowest BCUT2D eigenvalue weighted by atomic mass is 9.96. The molecule has 0 fully saturated rings. The predicted octanol–water partition coefficient (Wildman–Crippen LogP) is 5.04. The molecule has 4 rings (SSSR count). The lowest BCUT2D eigenvalue weighted by Crippen LogP contribution is -2.20. The molecule has 27 heavy (non-hydrogen) atoms. The number of aliphatic imine (C=N–C) groups is 1. The largest absolute Gasteiger partial charge is 0.475 e. The number of nitrogens with zero attached hydrogens (tertiary/aromatic N) is 1. The maximum Gasteiger partial charge on any atom is 0.261 e. The van der Waals surface area contributed by atoms with Crippen molar-refractivity contribution in [2.75, 3.05) is 6.61 Å². The number of pyridine rings is 1. The van der Waals surface area contributed by atoms with Crippen LogP contribution in [0.1, 0.15) is 25.8 Å². The molecule has 4 nitrogen and oxygen atoms in total. The van der Waals surface area contributed by atoms with E-state index in [9.17, 15) is 4.79 Å². The molecule has 138 valence electrons. The molecule has 0 unspecified atom stereocenters. The van der Waals surface area contributed by atoms with Gasteiger partial charge in [0.1, 0.15) is 12.2 Å². The van der Waals surface area contributed by atoms with E-state index in [4.69, 9.17) is 21.3 Å². The van der Waals surface area contributed by atoms with Crippen LogP contribution in [0, 0.1) is 5.92 Å². The van der Waals surface area contributed by atoms with Crippen LogP contribution in [-0.4, -0.2) is 23.5 Å². The summed E-state index contributed by atoms with van der Waals surface area (Å²) in [5, 5.41) is 1.49. The van der Waals surface area contributed by atoms with Crippen LogP contribution in [0.25, 0.3) is 22.0 Å². The topological polar surface area (TPSA) is 54.5 Å². The highest BCUT2D eigenvalue weighted by Gasteiger charge is 2.27. The lowest BCUT2D eigenvalue weighted by Gasteiger charge is -2.13. The number of fused-ring (bicyclic) bond motifs is 1. The predicted molar refractivity (Wildman–Crippen MR) is 111 cm³/mol. The van der Waals surface area contributed by atoms with E-state index in [1.807, 2.05) is 42.5 Å². The molecule has 0 amide bonds. The third kappa shape index (κ3) is 3.50. The molecule has 0 spiro atoms. The Morgan fingerprint density at radius 1 is 1.19 bits per heavy atom. The number of nitrogens with one attached hydrogen (secondary N) is 1. The Morgan fingerprint density at radius 3 is 2.70 bits per heavy atom. The highest BCUT2D eigenvalue weighted by atomic mass is 35.5. The van der Waals surface area contributed by atoms with Crippen molar-refractivity contribution < 1.29 is 4.74 Å². The first-order valence-electron chi connectivity index (χ1n) is 9.15. The number of benzene rings is 2. The first-order valence-corrected chi connectivity index (χ1v) is 9.52. The second-order valence-corrected chi connectivity index (χ2v) is 7.73. The van der Waals surface area contributed by atoms with Crippen molar-refractivity contribution >= 4 is 28.4 Å². The smallest absolute Gasteiger partial charge is 0.261 e. The molecule has 5 heteroatoms. The van der Waals surface area contributed by atoms with Crippen LogP contribution in [0.3, 0.4) is 0 Å². The Bertz CT molecular complexity index is 1070. The fraction of sp³-hybridized carbons (Fsp3) is 0.273. The number of H-pyrrole nitrogens is 1. The minimum Gasteiger partial charge on any atom is -0.475 e. The molecule has 0 bridgehead atoms. The van der Waals surface area contributed by atoms with Crippen molar-refractivity contribution in [2.24, 2.45) is 10.9 Å². The summed E-state index contributed by atoms with van der Waals surface area (Å²) in [4.78, 5) is 20.6. The SMILES string of the molecule is CC(C)C[C@H]1COC(c2c(-c3ccccc3)c3cc(Cl)ccc3[nH]c2=O)=N1. The molecule has 0 saturated carbocycles. The summed E-state index contributed by atoms with van der Waals surface area (Å²) < 4.78 is 5.87. The fourth-order valence-corrected chi connectivity index (χ4v) is 3.76. The number of ether oxygens (including phenoxy) is 1. The van der Waals surface area contributed by atoms with E-state index in [0.717, 1.165) is 28.5 Å². The van der Waals surface area contributed by atoms with Crippen LogP contribution >= 0.6 is 11.6 Å². The van der Waals surface area contributed by atoms with E-state index < -0.39 is 0 Å². The molecular weight excluding hydrogens is 360 g/mol. The van der Waals surface area contributed by atoms with Gasteiger partial charge in [0.05, 0.1) is 6.04 Å². The zero-order chi connectivity index (χ0) is 19.0. The van der Waals surface area contributed by atoms with Gasteiger partial charge in [-0.1, -0.05) is 55.8 Å². The molecule has 1 aromatic heterocycles. The molecule has 0 aliphatic carbocycles. The first-order chi connectivity index (χ1) is 13.0. The Kier molecular flexibility index (Phi) is 4.75. The fourth-order valence-electron chi connectivity index (χ4n) is 3.59. The molecule has 1 aliphatic heterocycles. The van der Waals surface area contributed by atoms with Gasteiger partial charge in [-0.25, -0.2) is 4.99 Å². The minimum absolute atomic E-state index is 0.0816. The summed E-state index contributed by atoms with van der Waals surface area (Å²) in [6.07, 6.45) is 0.932. The third-order valence-corrected chi connectivity index (χ3v) is 4.94. The molecule has 0 saturated heterocycles. The van der Waals surface area contributed by atoms with Gasteiger partial charge in [-0.3, -0.25) is 4.79 Å². The average Bonchev–Trinajstić information content (AvgIpc) is 3.09. The first kappa shape index (κ1) is 17.8. The molecular formula is C22H21ClN2O2. The number of aromatic amines is 1. The van der Waals surface area contributed by atoms with Crippen LogP contribution < -0.4 is 5.56 Å². The van der Waals surface area contributed by atoms with Crippen molar-refractivity contribution in [1.82, 2.24) is 4.98 Å². The molecule has 2 aromatic carbocycles. The van der Waals surface area contributed by atoms with E-state index in [-0.39, 0.29) is 11.6 Å². The Hall–Kier alpha value is -2.59. The van der Waals surface area contributed by atoms with Gasteiger partial charge in [0.15, 0.2) is 0 Å². The van der Waals surface area contributed by atoms with Crippen molar-refractivity contribution in [2.45, 2.75) is 26.3 Å². The summed E-state index contributed by atoms with van der Waals surface area (Å²) in [5.41, 5.74) is 2.75. The van der Waals surface area contributed by atoms with E-state index >= 15 is 0 Å². The zero-order valence-electron chi connectivity index (χ0n) is 15.3. The highest BCUT2D eigenvalue weighted by molar-refractivity contribution is 6.31. The quantitative estimate of drug-likeness (QED) is 0.689. The van der Waals surface area contributed by atoms with Crippen LogP contribution in [0.4, 0.5) is 0 Å². The van der Waals surface area contributed by atoms with E-state index in [1.165, 1.54) is 0 Å². The number of rotatable bonds is 4. The normalized spacial score (nSPS) is 16.6. The molecule has 1 aliphatic rings. The van der Waals surface area contributed by atoms with Crippen LogP contribution in [0.5, 0.6) is 0 Å². The number of halogens is 1. The van der Waals surface area contributed by atoms with Gasteiger partial charge in [-0.05, 0) is 36.1 Å². The minimum atomic E-state index is -0.201. The van der Waals surface area contributed by atoms with Crippen molar-refractivity contribution in [1.29, 1.82) is 0 Å². The third-order valence-electron chi connectivity index (χ3n) is 4.71. The van der Waals surface area contributed by atoms with Gasteiger partial charge in [-0.2, -0.15) is 0 Å². The van der Waals surface area contributed by atoms with Crippen LogP contribution in [0.15, 0.2) is 58.3 Å². The van der Waals surface area contributed by atoms with Gasteiger partial charge in [-0.15, -0.1) is 0 Å². The summed E-state index contributed by atoms with van der Waals surface area (Å²) in [5.74, 6) is 0.937. The summed E-state index contributed by atoms with van der Waals surface area (Å²) in [7, 11) is 0. The molecule has 0 radical (unpaired) electrons. The standard InChI is InChI=1S/C22H21ClN2O2/c1-13(2)10-16-12-27-22(24-16)20-19(14-6-4-3-5-7-14)17-11-15(23)8-9-18(17)25-21(20)26/h3-9,11,13,16H,10,12H2,1-2H3,(H,25,26)/t16-/m0/s1. The Balaban J connectivity index is 1.98. The summed E-state index contributed by atoms with van der Waals surface area (Å²) in [6.45, 7) is 4.83. The average molecular weight is 381 g/mol. The van der Waals surface area contributed by atoms with Gasteiger partial charge in [0, 0.05) is 21.5 Å². The number of hydrogen-bond donors (Lipinski definition) is 1. The monoisotopic (exact) mass is 380 g/mol. The maximum atomic E-state index is 13.0. The van der Waals surface area contributed by atoms with Gasteiger partial charge in [0.25, 0.3) is 5.56 Å². The lowest BCUT2D eigenvalue weighted by molar-refractivity contribution is 0.301. The Labute approximate surface area is 162 Å². The van der Waals surface area contributed by atoms with Gasteiger partial charge in [0.2, 0.25) is 5.90 Å². The number of hydrogen-bond acceptors (Lipinski definition) is 3. The Morgan fingerprint density at radius 2 is 1.96 bits per heavy atom. The summed E-state index contributed by atoms with van der Waals surface area (Å²) in [6, 6.07) is 15.4. The number of aromatic nitrogens is 1. The van der Waals surface area contributed by atoms with E-state index in [2.05, 4.69) is 18.8 Å². The van der Waals surface area contributed by atoms with Crippen molar-refractivity contribution in [3.05, 3.63) is 69.5 Å². The van der Waals surface area contributed by atoms with Gasteiger partial charge < -0.3 is 9.72 Å². The second-order valence-electron chi connectivity index (χ2n) is 7.29. The molecule has 3 aromatic rings. The summed E-state index contributed by atoms with van der Waals surface area (Å²) >= 11 is 6.26. The van der Waals surface area contributed by atoms with Crippen LogP contribution in [0.2, 0.25) is 5.02 Å². The molecule has 2 heterocycles. The van der Waals surface area contributed by atoms with Crippen molar-refractivity contribution in [3.63, 3.8) is 0 Å². The van der Waals surface area contributed by atoms with Crippen LogP contribution in [-0.2, 0) is 4.74 Å². The molecule has 1 N–H and O–H groups in total. The van der Waals surface area contributed by atoms with Gasteiger partial charge >= 0.3 is 0 Å². The zero-order valence-corrected chi connectivity index (χ0v) is 16.1.